The van der Waals surface area contributed by atoms with E-state index in [0.29, 0.717) is 13.0 Å². The number of benzene rings is 2. The van der Waals surface area contributed by atoms with Crippen molar-refractivity contribution in [3.05, 3.63) is 84.2 Å². The van der Waals surface area contributed by atoms with Crippen molar-refractivity contribution in [3.63, 3.8) is 0 Å². The lowest BCUT2D eigenvalue weighted by atomic mass is 9.95. The van der Waals surface area contributed by atoms with Gasteiger partial charge in [-0.1, -0.05) is 55.5 Å². The van der Waals surface area contributed by atoms with Crippen LogP contribution in [0.4, 0.5) is 0 Å². The van der Waals surface area contributed by atoms with Crippen LogP contribution in [0.25, 0.3) is 5.69 Å². The Morgan fingerprint density at radius 1 is 1.07 bits per heavy atom. The van der Waals surface area contributed by atoms with Crippen LogP contribution < -0.4 is 5.32 Å². The van der Waals surface area contributed by atoms with E-state index in [0.717, 1.165) is 30.3 Å². The minimum Gasteiger partial charge on any atom is -0.354 e. The second kappa shape index (κ2) is 9.72. The van der Waals surface area contributed by atoms with Crippen LogP contribution in [0.3, 0.4) is 0 Å². The van der Waals surface area contributed by atoms with Gasteiger partial charge >= 0.3 is 0 Å². The minimum absolute atomic E-state index is 0.0360. The third-order valence-corrected chi connectivity index (χ3v) is 5.96. The summed E-state index contributed by atoms with van der Waals surface area (Å²) in [6.07, 6.45) is 6.47. The van der Waals surface area contributed by atoms with Crippen LogP contribution in [0.5, 0.6) is 0 Å². The van der Waals surface area contributed by atoms with Crippen LogP contribution >= 0.6 is 0 Å². The number of para-hydroxylation sites is 1. The first-order valence-corrected chi connectivity index (χ1v) is 10.8. The maximum Gasteiger partial charge on any atom is 0.224 e. The molecular weight excluding hydrogens is 372 g/mol. The molecule has 1 aliphatic heterocycles. The van der Waals surface area contributed by atoms with Crippen LogP contribution in [0.2, 0.25) is 0 Å². The van der Waals surface area contributed by atoms with E-state index in [1.807, 2.05) is 47.3 Å². The van der Waals surface area contributed by atoms with Gasteiger partial charge < -0.3 is 5.32 Å². The zero-order chi connectivity index (χ0) is 20.8. The van der Waals surface area contributed by atoms with Gasteiger partial charge in [0.1, 0.15) is 0 Å². The number of piperidine rings is 1. The first-order valence-electron chi connectivity index (χ1n) is 10.8. The third kappa shape index (κ3) is 5.16. The fourth-order valence-corrected chi connectivity index (χ4v) is 4.10. The molecular formula is C25H30N4O. The summed E-state index contributed by atoms with van der Waals surface area (Å²) in [6.45, 7) is 5.12. The van der Waals surface area contributed by atoms with Gasteiger partial charge in [-0.05, 0) is 55.1 Å². The van der Waals surface area contributed by atoms with Gasteiger partial charge in [-0.3, -0.25) is 9.69 Å². The fraction of sp³-hybridized carbons (Fsp3) is 0.360. The maximum absolute atomic E-state index is 12.7. The summed E-state index contributed by atoms with van der Waals surface area (Å²) in [5.41, 5.74) is 3.18. The number of hydrogen-bond acceptors (Lipinski definition) is 3. The molecule has 30 heavy (non-hydrogen) atoms. The van der Waals surface area contributed by atoms with E-state index in [4.69, 9.17) is 0 Å². The zero-order valence-electron chi connectivity index (χ0n) is 17.6. The van der Waals surface area contributed by atoms with Crippen molar-refractivity contribution in [2.45, 2.75) is 32.2 Å². The monoisotopic (exact) mass is 402 g/mol. The Hall–Kier alpha value is -2.92. The summed E-state index contributed by atoms with van der Waals surface area (Å²) in [7, 11) is 0. The van der Waals surface area contributed by atoms with Crippen molar-refractivity contribution in [1.29, 1.82) is 0 Å². The fourth-order valence-electron chi connectivity index (χ4n) is 4.10. The summed E-state index contributed by atoms with van der Waals surface area (Å²) >= 11 is 0. The van der Waals surface area contributed by atoms with E-state index in [9.17, 15) is 4.79 Å². The molecule has 2 aromatic carbocycles. The molecule has 1 N–H and O–H groups in total. The molecule has 2 heterocycles. The number of carbonyl (C=O) groups is 1. The number of amides is 1. The smallest absolute Gasteiger partial charge is 0.224 e. The van der Waals surface area contributed by atoms with Gasteiger partial charge in [-0.25, -0.2) is 4.68 Å². The Kier molecular flexibility index (Phi) is 6.60. The average Bonchev–Trinajstić information content (AvgIpc) is 3.25. The molecule has 4 rings (SSSR count). The second-order valence-corrected chi connectivity index (χ2v) is 8.25. The molecule has 0 radical (unpaired) electrons. The Morgan fingerprint density at radius 2 is 1.73 bits per heavy atom. The van der Waals surface area contributed by atoms with E-state index < -0.39 is 0 Å². The number of likely N-dealkylation sites (tertiary alicyclic amines) is 1. The maximum atomic E-state index is 12.7. The number of hydrogen-bond donors (Lipinski definition) is 1. The number of carbonyl (C=O) groups excluding carboxylic acids is 1. The highest BCUT2D eigenvalue weighted by molar-refractivity contribution is 5.78. The van der Waals surface area contributed by atoms with Gasteiger partial charge in [-0.2, -0.15) is 5.10 Å². The Labute approximate surface area is 178 Å². The zero-order valence-corrected chi connectivity index (χ0v) is 17.6. The predicted octanol–water partition coefficient (Wildman–Crippen LogP) is 4.00. The first kappa shape index (κ1) is 20.4. The van der Waals surface area contributed by atoms with Crippen molar-refractivity contribution in [2.24, 2.45) is 5.92 Å². The molecule has 1 atom stereocenters. The number of nitrogens with zero attached hydrogens (tertiary/aromatic N) is 3. The molecule has 0 saturated carbocycles. The molecule has 0 aliphatic carbocycles. The van der Waals surface area contributed by atoms with Gasteiger partial charge in [0.15, 0.2) is 0 Å². The van der Waals surface area contributed by atoms with Crippen LogP contribution in [0, 0.1) is 5.92 Å². The molecule has 1 aliphatic rings. The molecule has 1 saturated heterocycles. The molecule has 1 amide bonds. The van der Waals surface area contributed by atoms with Crippen LogP contribution in [0.1, 0.15) is 36.9 Å². The minimum atomic E-state index is 0.0360. The van der Waals surface area contributed by atoms with Gasteiger partial charge in [0.2, 0.25) is 5.91 Å². The summed E-state index contributed by atoms with van der Waals surface area (Å²) < 4.78 is 1.81. The molecule has 156 valence electrons. The number of nitrogens with one attached hydrogen (secondary N) is 1. The quantitative estimate of drug-likeness (QED) is 0.650. The lowest BCUT2D eigenvalue weighted by Crippen LogP contribution is -2.42. The molecule has 5 nitrogen and oxygen atoms in total. The third-order valence-electron chi connectivity index (χ3n) is 5.96. The Bertz CT molecular complexity index is 930. The van der Waals surface area contributed by atoms with Crippen LogP contribution in [-0.2, 0) is 11.2 Å². The molecule has 5 heteroatoms. The van der Waals surface area contributed by atoms with Gasteiger partial charge in [0, 0.05) is 12.7 Å². The second-order valence-electron chi connectivity index (χ2n) is 8.25. The lowest BCUT2D eigenvalue weighted by molar-refractivity contribution is -0.120. The van der Waals surface area contributed by atoms with Crippen molar-refractivity contribution < 1.29 is 4.79 Å². The summed E-state index contributed by atoms with van der Waals surface area (Å²) in [6, 6.07) is 20.7. The van der Waals surface area contributed by atoms with E-state index in [2.05, 4.69) is 46.5 Å². The van der Waals surface area contributed by atoms with Gasteiger partial charge in [0.05, 0.1) is 24.3 Å². The standard InChI is InChI=1S/C25H30N4O/c1-20-12-14-28(15-13-20)24(22-8-4-2-5-9-22)18-26-25(30)16-21-17-27-29(19-21)23-10-6-3-7-11-23/h2-11,17,19-20,24H,12-16,18H2,1H3,(H,26,30). The molecule has 0 bridgehead atoms. The molecule has 1 unspecified atom stereocenters. The molecule has 3 aromatic rings. The lowest BCUT2D eigenvalue weighted by Gasteiger charge is -2.37. The molecule has 0 spiro atoms. The van der Waals surface area contributed by atoms with E-state index >= 15 is 0 Å². The Balaban J connectivity index is 1.37. The molecule has 1 aromatic heterocycles. The predicted molar refractivity (Wildman–Crippen MR) is 119 cm³/mol. The van der Waals surface area contributed by atoms with E-state index in [1.54, 1.807) is 6.20 Å². The normalized spacial score (nSPS) is 16.3. The van der Waals surface area contributed by atoms with E-state index in [-0.39, 0.29) is 11.9 Å². The van der Waals surface area contributed by atoms with Gasteiger partial charge in [-0.15, -0.1) is 0 Å². The SMILES string of the molecule is CC1CCN(C(CNC(=O)Cc2cnn(-c3ccccc3)c2)c2ccccc2)CC1. The van der Waals surface area contributed by atoms with Crippen LogP contribution in [0.15, 0.2) is 73.1 Å². The largest absolute Gasteiger partial charge is 0.354 e. The van der Waals surface area contributed by atoms with E-state index in [1.165, 1.54) is 18.4 Å². The first-order chi connectivity index (χ1) is 14.7. The summed E-state index contributed by atoms with van der Waals surface area (Å²) in [4.78, 5) is 15.2. The van der Waals surface area contributed by atoms with Crippen molar-refractivity contribution in [1.82, 2.24) is 20.0 Å². The highest BCUT2D eigenvalue weighted by atomic mass is 16.1. The van der Waals surface area contributed by atoms with Crippen molar-refractivity contribution >= 4 is 5.91 Å². The molecule has 1 fully saturated rings. The van der Waals surface area contributed by atoms with Crippen molar-refractivity contribution in [3.8, 4) is 5.69 Å². The average molecular weight is 403 g/mol. The Morgan fingerprint density at radius 3 is 2.43 bits per heavy atom. The highest BCUT2D eigenvalue weighted by Crippen LogP contribution is 2.26. The summed E-state index contributed by atoms with van der Waals surface area (Å²) in [5.74, 6) is 0.822. The number of aromatic nitrogens is 2. The summed E-state index contributed by atoms with van der Waals surface area (Å²) in [5, 5.41) is 7.56. The highest BCUT2D eigenvalue weighted by Gasteiger charge is 2.25. The number of rotatable bonds is 7. The van der Waals surface area contributed by atoms with Crippen molar-refractivity contribution in [2.75, 3.05) is 19.6 Å². The van der Waals surface area contributed by atoms with Crippen LogP contribution in [-0.4, -0.2) is 40.2 Å². The topological polar surface area (TPSA) is 50.2 Å². The van der Waals surface area contributed by atoms with Gasteiger partial charge in [0.25, 0.3) is 0 Å².